The van der Waals surface area contributed by atoms with Gasteiger partial charge in [-0.2, -0.15) is 0 Å². The van der Waals surface area contributed by atoms with E-state index < -0.39 is 0 Å². The number of anilines is 2. The lowest BCUT2D eigenvalue weighted by Crippen LogP contribution is -2.42. The maximum Gasteiger partial charge on any atom is 0.262 e. The van der Waals surface area contributed by atoms with Gasteiger partial charge in [-0.3, -0.25) is 9.78 Å². The quantitative estimate of drug-likeness (QED) is 0.864. The molecule has 0 bridgehead atoms. The molecule has 1 aromatic heterocycles. The van der Waals surface area contributed by atoms with Crippen LogP contribution in [0.1, 0.15) is 29.3 Å². The highest BCUT2D eigenvalue weighted by atomic mass is 16.2. The Balaban J connectivity index is 2.05. The Morgan fingerprint density at radius 1 is 1.35 bits per heavy atom. The monoisotopic (exact) mass is 267 g/mol. The molecule has 3 rings (SSSR count). The number of carbonyl (C=O) groups excluding carboxylic acids is 1. The zero-order valence-electron chi connectivity index (χ0n) is 11.4. The summed E-state index contributed by atoms with van der Waals surface area (Å²) in [5.41, 5.74) is 9.04. The number of para-hydroxylation sites is 1. The molecule has 2 N–H and O–H groups in total. The third-order valence-electron chi connectivity index (χ3n) is 3.83. The van der Waals surface area contributed by atoms with Crippen molar-refractivity contribution < 1.29 is 4.79 Å². The van der Waals surface area contributed by atoms with Gasteiger partial charge in [-0.25, -0.2) is 0 Å². The summed E-state index contributed by atoms with van der Waals surface area (Å²) in [6.07, 6.45) is 5.11. The van der Waals surface area contributed by atoms with Gasteiger partial charge in [-0.05, 0) is 37.5 Å². The Hall–Kier alpha value is -2.36. The molecule has 102 valence electrons. The number of aryl methyl sites for hydroxylation is 1. The average Bonchev–Trinajstić information content (AvgIpc) is 2.47. The molecule has 4 heteroatoms. The third-order valence-corrected chi connectivity index (χ3v) is 3.83. The largest absolute Gasteiger partial charge is 0.398 e. The number of fused-ring (bicyclic) bond motifs is 1. The van der Waals surface area contributed by atoms with Crippen molar-refractivity contribution in [3.8, 4) is 0 Å². The van der Waals surface area contributed by atoms with Crippen molar-refractivity contribution in [3.05, 3.63) is 53.9 Å². The van der Waals surface area contributed by atoms with Crippen LogP contribution in [0.3, 0.4) is 0 Å². The number of benzene rings is 1. The number of amides is 1. The normalized spacial score (nSPS) is 17.6. The second kappa shape index (κ2) is 4.96. The summed E-state index contributed by atoms with van der Waals surface area (Å²) in [5.74, 6) is -0.0738. The number of nitrogen functional groups attached to an aromatic ring is 1. The molecule has 2 aromatic rings. The van der Waals surface area contributed by atoms with Crippen molar-refractivity contribution in [2.75, 3.05) is 10.6 Å². The number of nitrogens with zero attached hydrogens (tertiary/aromatic N) is 2. The van der Waals surface area contributed by atoms with E-state index in [0.717, 1.165) is 18.5 Å². The summed E-state index contributed by atoms with van der Waals surface area (Å²) in [7, 11) is 0. The molecule has 1 atom stereocenters. The first-order valence-electron chi connectivity index (χ1n) is 6.79. The Labute approximate surface area is 118 Å². The molecule has 1 aliphatic rings. The minimum atomic E-state index is -0.0738. The Morgan fingerprint density at radius 2 is 2.15 bits per heavy atom. The van der Waals surface area contributed by atoms with Crippen LogP contribution in [0.15, 0.2) is 42.7 Å². The van der Waals surface area contributed by atoms with Gasteiger partial charge in [0.2, 0.25) is 0 Å². The van der Waals surface area contributed by atoms with E-state index in [9.17, 15) is 4.79 Å². The summed E-state index contributed by atoms with van der Waals surface area (Å²) in [6.45, 7) is 2.07. The molecular formula is C16H17N3O. The Bertz CT molecular complexity index is 654. The van der Waals surface area contributed by atoms with Crippen molar-refractivity contribution >= 4 is 17.3 Å². The van der Waals surface area contributed by atoms with E-state index in [1.54, 1.807) is 18.5 Å². The van der Waals surface area contributed by atoms with Gasteiger partial charge in [0.15, 0.2) is 0 Å². The van der Waals surface area contributed by atoms with Crippen LogP contribution in [0.2, 0.25) is 0 Å². The Kier molecular flexibility index (Phi) is 3.14. The van der Waals surface area contributed by atoms with Crippen LogP contribution in [0.5, 0.6) is 0 Å². The second-order valence-electron chi connectivity index (χ2n) is 5.15. The van der Waals surface area contributed by atoms with Crippen LogP contribution in [-0.4, -0.2) is 16.9 Å². The van der Waals surface area contributed by atoms with Crippen LogP contribution >= 0.6 is 0 Å². The number of hydrogen-bond donors (Lipinski definition) is 1. The molecule has 1 amide bonds. The summed E-state index contributed by atoms with van der Waals surface area (Å²) in [4.78, 5) is 18.7. The molecule has 0 aliphatic carbocycles. The van der Waals surface area contributed by atoms with Gasteiger partial charge in [-0.15, -0.1) is 0 Å². The lowest BCUT2D eigenvalue weighted by atomic mass is 9.96. The van der Waals surface area contributed by atoms with E-state index >= 15 is 0 Å². The van der Waals surface area contributed by atoms with Crippen LogP contribution < -0.4 is 10.6 Å². The topological polar surface area (TPSA) is 59.2 Å². The molecule has 1 unspecified atom stereocenters. The first-order chi connectivity index (χ1) is 9.68. The Morgan fingerprint density at radius 3 is 2.95 bits per heavy atom. The van der Waals surface area contributed by atoms with Crippen LogP contribution in [0.25, 0.3) is 0 Å². The lowest BCUT2D eigenvalue weighted by Gasteiger charge is -2.35. The molecule has 1 aliphatic heterocycles. The molecule has 0 spiro atoms. The molecule has 0 radical (unpaired) electrons. The predicted octanol–water partition coefficient (Wildman–Crippen LogP) is 2.65. The highest BCUT2D eigenvalue weighted by Gasteiger charge is 2.29. The molecule has 0 fully saturated rings. The van der Waals surface area contributed by atoms with Crippen molar-refractivity contribution in [3.63, 3.8) is 0 Å². The number of aromatic nitrogens is 1. The van der Waals surface area contributed by atoms with Crippen molar-refractivity contribution in [1.29, 1.82) is 0 Å². The minimum Gasteiger partial charge on any atom is -0.398 e. The van der Waals surface area contributed by atoms with Crippen LogP contribution in [0, 0.1) is 0 Å². The predicted molar refractivity (Wildman–Crippen MR) is 79.7 cm³/mol. The molecule has 0 saturated heterocycles. The number of carbonyl (C=O) groups is 1. The fourth-order valence-electron chi connectivity index (χ4n) is 2.71. The summed E-state index contributed by atoms with van der Waals surface area (Å²) < 4.78 is 0. The standard InChI is InChI=1S/C16H17N3O/c1-11-6-7-12-4-2-3-5-15(12)19(11)16(20)13-10-18-9-8-14(13)17/h2-5,8-11H,6-7H2,1H3,(H2,17,18). The average molecular weight is 267 g/mol. The van der Waals surface area contributed by atoms with Crippen molar-refractivity contribution in [2.45, 2.75) is 25.8 Å². The van der Waals surface area contributed by atoms with Gasteiger partial charge in [0, 0.05) is 29.8 Å². The van der Waals surface area contributed by atoms with Gasteiger partial charge in [-0.1, -0.05) is 18.2 Å². The van der Waals surface area contributed by atoms with Crippen LogP contribution in [-0.2, 0) is 6.42 Å². The first kappa shape index (κ1) is 12.7. The van der Waals surface area contributed by atoms with E-state index in [2.05, 4.69) is 18.0 Å². The highest BCUT2D eigenvalue weighted by molar-refractivity contribution is 6.10. The number of nitrogens with two attached hydrogens (primary N) is 1. The summed E-state index contributed by atoms with van der Waals surface area (Å²) in [5, 5.41) is 0. The fourth-order valence-corrected chi connectivity index (χ4v) is 2.71. The zero-order valence-corrected chi connectivity index (χ0v) is 11.4. The van der Waals surface area contributed by atoms with Gasteiger partial charge in [0.25, 0.3) is 5.91 Å². The lowest BCUT2D eigenvalue weighted by molar-refractivity contribution is 0.0976. The zero-order chi connectivity index (χ0) is 14.1. The van der Waals surface area contributed by atoms with Gasteiger partial charge in [0.05, 0.1) is 5.56 Å². The number of rotatable bonds is 1. The fraction of sp³-hybridized carbons (Fsp3) is 0.250. The number of pyridine rings is 1. The highest BCUT2D eigenvalue weighted by Crippen LogP contribution is 2.32. The molecule has 1 aromatic carbocycles. The van der Waals surface area contributed by atoms with Crippen molar-refractivity contribution in [1.82, 2.24) is 4.98 Å². The van der Waals surface area contributed by atoms with Gasteiger partial charge < -0.3 is 10.6 Å². The van der Waals surface area contributed by atoms with E-state index in [-0.39, 0.29) is 11.9 Å². The van der Waals surface area contributed by atoms with E-state index in [0.29, 0.717) is 11.3 Å². The summed E-state index contributed by atoms with van der Waals surface area (Å²) >= 11 is 0. The molecule has 2 heterocycles. The molecule has 20 heavy (non-hydrogen) atoms. The third kappa shape index (κ3) is 2.03. The molecular weight excluding hydrogens is 250 g/mol. The number of hydrogen-bond acceptors (Lipinski definition) is 3. The summed E-state index contributed by atoms with van der Waals surface area (Å²) in [6, 6.07) is 9.87. The maximum absolute atomic E-state index is 12.8. The van der Waals surface area contributed by atoms with E-state index in [4.69, 9.17) is 5.73 Å². The first-order valence-corrected chi connectivity index (χ1v) is 6.79. The SMILES string of the molecule is CC1CCc2ccccc2N1C(=O)c1cnccc1N. The van der Waals surface area contributed by atoms with E-state index in [1.165, 1.54) is 5.56 Å². The maximum atomic E-state index is 12.8. The smallest absolute Gasteiger partial charge is 0.262 e. The molecule has 0 saturated carbocycles. The molecule has 4 nitrogen and oxygen atoms in total. The van der Waals surface area contributed by atoms with Crippen LogP contribution in [0.4, 0.5) is 11.4 Å². The van der Waals surface area contributed by atoms with Crippen molar-refractivity contribution in [2.24, 2.45) is 0 Å². The van der Waals surface area contributed by atoms with Gasteiger partial charge in [0.1, 0.15) is 0 Å². The minimum absolute atomic E-state index is 0.0738. The van der Waals surface area contributed by atoms with E-state index in [1.807, 2.05) is 23.1 Å². The van der Waals surface area contributed by atoms with Gasteiger partial charge >= 0.3 is 0 Å². The second-order valence-corrected chi connectivity index (χ2v) is 5.15.